The van der Waals surface area contributed by atoms with Crippen LogP contribution in [0, 0.1) is 0 Å². The molecule has 0 radical (unpaired) electrons. The predicted octanol–water partition coefficient (Wildman–Crippen LogP) is 1.17. The van der Waals surface area contributed by atoms with Crippen LogP contribution in [0.5, 0.6) is 0 Å². The van der Waals surface area contributed by atoms with Crippen molar-refractivity contribution in [3.8, 4) is 0 Å². The van der Waals surface area contributed by atoms with Gasteiger partial charge in [-0.3, -0.25) is 4.79 Å². The summed E-state index contributed by atoms with van der Waals surface area (Å²) in [4.78, 5) is 9.71. The molecule has 0 fully saturated rings. The van der Waals surface area contributed by atoms with Crippen LogP contribution in [-0.4, -0.2) is 19.0 Å². The molecule has 2 heteroatoms. The maximum atomic E-state index is 9.71. The molecule has 0 saturated heterocycles. The van der Waals surface area contributed by atoms with Gasteiger partial charge in [-0.15, -0.1) is 0 Å². The third kappa shape index (κ3) is 7.37. The summed E-state index contributed by atoms with van der Waals surface area (Å²) in [6, 6.07) is 0. The molecular weight excluding hydrogens is 116 g/mol. The number of ether oxygens (including phenoxy) is 1. The highest BCUT2D eigenvalue weighted by molar-refractivity contribution is 5.64. The lowest BCUT2D eigenvalue weighted by Crippen LogP contribution is -2.01. The van der Waals surface area contributed by atoms with Crippen LogP contribution in [0.25, 0.3) is 0 Å². The number of aldehydes is 1. The molecular formula is C7H12O2. The van der Waals surface area contributed by atoms with E-state index < -0.39 is 0 Å². The van der Waals surface area contributed by atoms with E-state index >= 15 is 0 Å². The van der Waals surface area contributed by atoms with Gasteiger partial charge in [0.15, 0.2) is 0 Å². The van der Waals surface area contributed by atoms with Gasteiger partial charge in [-0.25, -0.2) is 0 Å². The first kappa shape index (κ1) is 8.37. The average Bonchev–Trinajstić information content (AvgIpc) is 1.80. The SMILES string of the molecule is CC(C)OC/C=C/C=O. The molecule has 0 N–H and O–H groups in total. The van der Waals surface area contributed by atoms with Gasteiger partial charge >= 0.3 is 0 Å². The van der Waals surface area contributed by atoms with E-state index in [1.54, 1.807) is 6.08 Å². The van der Waals surface area contributed by atoms with E-state index in [0.717, 1.165) is 6.29 Å². The van der Waals surface area contributed by atoms with E-state index in [1.165, 1.54) is 6.08 Å². The third-order valence-corrected chi connectivity index (χ3v) is 0.740. The molecule has 0 aliphatic rings. The van der Waals surface area contributed by atoms with E-state index in [0.29, 0.717) is 6.61 Å². The summed E-state index contributed by atoms with van der Waals surface area (Å²) in [6.07, 6.45) is 4.10. The average molecular weight is 128 g/mol. The van der Waals surface area contributed by atoms with Gasteiger partial charge in [-0.2, -0.15) is 0 Å². The molecule has 0 rings (SSSR count). The lowest BCUT2D eigenvalue weighted by atomic mass is 10.5. The van der Waals surface area contributed by atoms with E-state index in [2.05, 4.69) is 0 Å². The highest BCUT2D eigenvalue weighted by atomic mass is 16.5. The summed E-state index contributed by atoms with van der Waals surface area (Å²) in [5, 5.41) is 0. The Morgan fingerprint density at radius 2 is 2.22 bits per heavy atom. The van der Waals surface area contributed by atoms with Gasteiger partial charge in [0.05, 0.1) is 12.7 Å². The van der Waals surface area contributed by atoms with Gasteiger partial charge in [0, 0.05) is 0 Å². The molecule has 0 aromatic carbocycles. The molecule has 0 saturated carbocycles. The topological polar surface area (TPSA) is 26.3 Å². The normalized spacial score (nSPS) is 11.0. The largest absolute Gasteiger partial charge is 0.375 e. The number of carbonyl (C=O) groups excluding carboxylic acids is 1. The Bertz CT molecular complexity index is 95.1. The van der Waals surface area contributed by atoms with Crippen LogP contribution in [0.2, 0.25) is 0 Å². The van der Waals surface area contributed by atoms with Gasteiger partial charge < -0.3 is 4.74 Å². The third-order valence-electron chi connectivity index (χ3n) is 0.740. The van der Waals surface area contributed by atoms with Gasteiger partial charge in [0.1, 0.15) is 6.29 Å². The molecule has 2 nitrogen and oxygen atoms in total. The van der Waals surface area contributed by atoms with Crippen molar-refractivity contribution in [2.24, 2.45) is 0 Å². The van der Waals surface area contributed by atoms with Crippen molar-refractivity contribution >= 4 is 6.29 Å². The van der Waals surface area contributed by atoms with E-state index in [-0.39, 0.29) is 6.10 Å². The molecule has 0 aromatic heterocycles. The maximum Gasteiger partial charge on any atom is 0.142 e. The van der Waals surface area contributed by atoms with Crippen LogP contribution in [0.3, 0.4) is 0 Å². The minimum absolute atomic E-state index is 0.237. The zero-order valence-corrected chi connectivity index (χ0v) is 5.83. The molecule has 52 valence electrons. The summed E-state index contributed by atoms with van der Waals surface area (Å²) < 4.78 is 5.10. The Morgan fingerprint density at radius 3 is 2.67 bits per heavy atom. The molecule has 9 heavy (non-hydrogen) atoms. The van der Waals surface area contributed by atoms with Crippen molar-refractivity contribution in [2.45, 2.75) is 20.0 Å². The highest BCUT2D eigenvalue weighted by Crippen LogP contribution is 1.86. The Hall–Kier alpha value is -0.630. The van der Waals surface area contributed by atoms with Crippen LogP contribution < -0.4 is 0 Å². The first-order valence-corrected chi connectivity index (χ1v) is 2.99. The zero-order valence-electron chi connectivity index (χ0n) is 5.83. The molecule has 0 aromatic rings. The summed E-state index contributed by atoms with van der Waals surface area (Å²) in [5.41, 5.74) is 0. The van der Waals surface area contributed by atoms with E-state index in [4.69, 9.17) is 4.74 Å². The maximum absolute atomic E-state index is 9.71. The van der Waals surface area contributed by atoms with E-state index in [1.807, 2.05) is 13.8 Å². The van der Waals surface area contributed by atoms with Crippen LogP contribution in [0.1, 0.15) is 13.8 Å². The minimum Gasteiger partial charge on any atom is -0.375 e. The molecule has 0 spiro atoms. The van der Waals surface area contributed by atoms with Crippen LogP contribution >= 0.6 is 0 Å². The molecule has 0 amide bonds. The quantitative estimate of drug-likeness (QED) is 0.419. The Morgan fingerprint density at radius 1 is 1.56 bits per heavy atom. The fourth-order valence-corrected chi connectivity index (χ4v) is 0.359. The first-order valence-electron chi connectivity index (χ1n) is 2.99. The summed E-state index contributed by atoms with van der Waals surface area (Å²) in [5.74, 6) is 0. The second-order valence-corrected chi connectivity index (χ2v) is 1.95. The highest BCUT2D eigenvalue weighted by Gasteiger charge is 1.86. The van der Waals surface area contributed by atoms with E-state index in [9.17, 15) is 4.79 Å². The fourth-order valence-electron chi connectivity index (χ4n) is 0.359. The van der Waals surface area contributed by atoms with Crippen molar-refractivity contribution in [3.05, 3.63) is 12.2 Å². The lowest BCUT2D eigenvalue weighted by molar-refractivity contribution is -0.104. The summed E-state index contributed by atoms with van der Waals surface area (Å²) in [6.45, 7) is 4.43. The summed E-state index contributed by atoms with van der Waals surface area (Å²) in [7, 11) is 0. The molecule has 0 bridgehead atoms. The van der Waals surface area contributed by atoms with Crippen molar-refractivity contribution in [3.63, 3.8) is 0 Å². The number of hydrogen-bond acceptors (Lipinski definition) is 2. The van der Waals surface area contributed by atoms with Crippen LogP contribution in [0.4, 0.5) is 0 Å². The van der Waals surface area contributed by atoms with Crippen LogP contribution in [-0.2, 0) is 9.53 Å². The Labute approximate surface area is 55.5 Å². The molecule has 0 aliphatic carbocycles. The first-order chi connectivity index (χ1) is 4.27. The Balaban J connectivity index is 3.08. The number of rotatable bonds is 4. The number of carbonyl (C=O) groups is 1. The van der Waals surface area contributed by atoms with Crippen LogP contribution in [0.15, 0.2) is 12.2 Å². The molecule has 0 aliphatic heterocycles. The number of allylic oxidation sites excluding steroid dienone is 1. The van der Waals surface area contributed by atoms with Gasteiger partial charge in [-0.1, -0.05) is 6.08 Å². The molecule has 0 atom stereocenters. The van der Waals surface area contributed by atoms with Crippen molar-refractivity contribution in [1.29, 1.82) is 0 Å². The minimum atomic E-state index is 0.237. The Kier molecular flexibility index (Phi) is 5.12. The second kappa shape index (κ2) is 5.51. The van der Waals surface area contributed by atoms with Gasteiger partial charge in [-0.05, 0) is 19.9 Å². The molecule has 0 heterocycles. The van der Waals surface area contributed by atoms with Crippen molar-refractivity contribution < 1.29 is 9.53 Å². The molecule has 0 unspecified atom stereocenters. The standard InChI is InChI=1S/C7H12O2/c1-7(2)9-6-4-3-5-8/h3-5,7H,6H2,1-2H3/b4-3+. The monoisotopic (exact) mass is 128 g/mol. The summed E-state index contributed by atoms with van der Waals surface area (Å²) >= 11 is 0. The zero-order chi connectivity index (χ0) is 7.11. The number of hydrogen-bond donors (Lipinski definition) is 0. The van der Waals surface area contributed by atoms with Gasteiger partial charge in [0.2, 0.25) is 0 Å². The van der Waals surface area contributed by atoms with Gasteiger partial charge in [0.25, 0.3) is 0 Å². The van der Waals surface area contributed by atoms with Crippen molar-refractivity contribution in [1.82, 2.24) is 0 Å². The predicted molar refractivity (Wildman–Crippen MR) is 36.3 cm³/mol. The fraction of sp³-hybridized carbons (Fsp3) is 0.571. The smallest absolute Gasteiger partial charge is 0.142 e. The van der Waals surface area contributed by atoms with Crippen molar-refractivity contribution in [2.75, 3.05) is 6.61 Å². The second-order valence-electron chi connectivity index (χ2n) is 1.95. The lowest BCUT2D eigenvalue weighted by Gasteiger charge is -2.01.